The zero-order valence-electron chi connectivity index (χ0n) is 12.1. The van der Waals surface area contributed by atoms with E-state index in [4.69, 9.17) is 17.3 Å². The minimum Gasteiger partial charge on any atom is -0.478 e. The maximum Gasteiger partial charge on any atom is 0.337 e. The first kappa shape index (κ1) is 15.2. The first-order valence-electron chi connectivity index (χ1n) is 6.46. The van der Waals surface area contributed by atoms with Crippen molar-refractivity contribution in [3.8, 4) is 0 Å². The maximum atomic E-state index is 11.4. The lowest BCUT2D eigenvalue weighted by Gasteiger charge is -2.17. The highest BCUT2D eigenvalue weighted by Crippen LogP contribution is 2.34. The Bertz CT molecular complexity index is 703. The number of benzene rings is 2. The Morgan fingerprint density at radius 3 is 2.19 bits per heavy atom. The van der Waals surface area contributed by atoms with Gasteiger partial charge in [-0.15, -0.1) is 0 Å². The Hall–Kier alpha value is -2.20. The molecule has 0 aliphatic heterocycles. The fourth-order valence-corrected chi connectivity index (χ4v) is 2.70. The van der Waals surface area contributed by atoms with E-state index in [1.807, 2.05) is 32.9 Å². The second-order valence-electron chi connectivity index (χ2n) is 5.13. The zero-order valence-corrected chi connectivity index (χ0v) is 12.9. The first-order valence-corrected chi connectivity index (χ1v) is 6.84. The van der Waals surface area contributed by atoms with Crippen LogP contribution in [0.25, 0.3) is 0 Å². The zero-order chi connectivity index (χ0) is 15.7. The molecule has 0 amide bonds. The highest BCUT2D eigenvalue weighted by molar-refractivity contribution is 6.34. The van der Waals surface area contributed by atoms with Crippen molar-refractivity contribution in [2.75, 3.05) is 11.1 Å². The highest BCUT2D eigenvalue weighted by atomic mass is 35.5. The quantitative estimate of drug-likeness (QED) is 0.739. The molecule has 2 rings (SSSR count). The van der Waals surface area contributed by atoms with Crippen molar-refractivity contribution >= 4 is 34.6 Å². The van der Waals surface area contributed by atoms with E-state index < -0.39 is 5.97 Å². The van der Waals surface area contributed by atoms with Crippen LogP contribution in [0.3, 0.4) is 0 Å². The maximum absolute atomic E-state index is 11.4. The number of carboxylic acids is 1. The van der Waals surface area contributed by atoms with Crippen LogP contribution in [0.1, 0.15) is 27.0 Å². The van der Waals surface area contributed by atoms with Gasteiger partial charge in [-0.05, 0) is 44.0 Å². The Morgan fingerprint density at radius 1 is 1.10 bits per heavy atom. The van der Waals surface area contributed by atoms with Crippen LogP contribution < -0.4 is 11.1 Å². The molecule has 0 heterocycles. The molecular formula is C16H17ClN2O2. The van der Waals surface area contributed by atoms with Gasteiger partial charge >= 0.3 is 5.97 Å². The van der Waals surface area contributed by atoms with Gasteiger partial charge < -0.3 is 16.2 Å². The van der Waals surface area contributed by atoms with E-state index in [-0.39, 0.29) is 10.6 Å². The Morgan fingerprint density at radius 2 is 1.67 bits per heavy atom. The summed E-state index contributed by atoms with van der Waals surface area (Å²) >= 11 is 6.16. The minimum absolute atomic E-state index is 0.0550. The van der Waals surface area contributed by atoms with Gasteiger partial charge in [-0.3, -0.25) is 0 Å². The Kier molecular flexibility index (Phi) is 4.09. The third-order valence-corrected chi connectivity index (χ3v) is 3.57. The number of anilines is 3. The summed E-state index contributed by atoms with van der Waals surface area (Å²) < 4.78 is 0. The molecule has 4 N–H and O–H groups in total. The van der Waals surface area contributed by atoms with Crippen LogP contribution in [0.2, 0.25) is 5.02 Å². The molecule has 0 radical (unpaired) electrons. The minimum atomic E-state index is -1.07. The standard InChI is InChI=1S/C16H17ClN2O2/c1-8-4-9(2)14(10(3)5-8)19-15-12(16(20)21)6-11(18)7-13(15)17/h4-7,19H,18H2,1-3H3,(H,20,21). The third kappa shape index (κ3) is 3.11. The monoisotopic (exact) mass is 304 g/mol. The van der Waals surface area contributed by atoms with E-state index in [1.54, 1.807) is 0 Å². The number of aromatic carboxylic acids is 1. The molecule has 0 atom stereocenters. The summed E-state index contributed by atoms with van der Waals surface area (Å²) in [4.78, 5) is 11.4. The molecule has 2 aromatic carbocycles. The van der Waals surface area contributed by atoms with Gasteiger partial charge in [0.1, 0.15) is 0 Å². The molecule has 0 spiro atoms. The van der Waals surface area contributed by atoms with E-state index >= 15 is 0 Å². The smallest absolute Gasteiger partial charge is 0.337 e. The van der Waals surface area contributed by atoms with Crippen LogP contribution in [0.5, 0.6) is 0 Å². The molecule has 0 aromatic heterocycles. The molecule has 21 heavy (non-hydrogen) atoms. The van der Waals surface area contributed by atoms with Crippen LogP contribution >= 0.6 is 11.6 Å². The van der Waals surface area contributed by atoms with Gasteiger partial charge in [0.15, 0.2) is 0 Å². The molecule has 0 fully saturated rings. The summed E-state index contributed by atoms with van der Waals surface area (Å²) in [7, 11) is 0. The van der Waals surface area contributed by atoms with Gasteiger partial charge in [-0.1, -0.05) is 29.3 Å². The van der Waals surface area contributed by atoms with Crippen molar-refractivity contribution in [2.24, 2.45) is 0 Å². The van der Waals surface area contributed by atoms with Gasteiger partial charge in [0.25, 0.3) is 0 Å². The summed E-state index contributed by atoms with van der Waals surface area (Å²) in [5.74, 6) is -1.07. The number of nitrogens with one attached hydrogen (secondary N) is 1. The van der Waals surface area contributed by atoms with Gasteiger partial charge in [0, 0.05) is 11.4 Å². The lowest BCUT2D eigenvalue weighted by Crippen LogP contribution is -2.06. The number of nitrogen functional groups attached to an aromatic ring is 1. The Balaban J connectivity index is 2.57. The molecule has 110 valence electrons. The predicted octanol–water partition coefficient (Wildman–Crippen LogP) is 4.29. The SMILES string of the molecule is Cc1cc(C)c(Nc2c(Cl)cc(N)cc2C(=O)O)c(C)c1. The molecule has 0 saturated carbocycles. The highest BCUT2D eigenvalue weighted by Gasteiger charge is 2.16. The number of nitrogens with two attached hydrogens (primary N) is 1. The second-order valence-corrected chi connectivity index (χ2v) is 5.54. The largest absolute Gasteiger partial charge is 0.478 e. The second kappa shape index (κ2) is 5.66. The molecule has 0 aliphatic rings. The summed E-state index contributed by atoms with van der Waals surface area (Å²) in [5.41, 5.74) is 10.4. The summed E-state index contributed by atoms with van der Waals surface area (Å²) in [5, 5.41) is 12.7. The van der Waals surface area contributed by atoms with Gasteiger partial charge in [0.2, 0.25) is 0 Å². The number of hydrogen-bond acceptors (Lipinski definition) is 3. The van der Waals surface area contributed by atoms with E-state index in [2.05, 4.69) is 5.32 Å². The van der Waals surface area contributed by atoms with Gasteiger partial charge in [-0.2, -0.15) is 0 Å². The predicted molar refractivity (Wildman–Crippen MR) is 86.8 cm³/mol. The van der Waals surface area contributed by atoms with Crippen LogP contribution in [-0.4, -0.2) is 11.1 Å². The van der Waals surface area contributed by atoms with Crippen molar-refractivity contribution in [1.29, 1.82) is 0 Å². The number of aryl methyl sites for hydroxylation is 3. The lowest BCUT2D eigenvalue weighted by molar-refractivity contribution is 0.0698. The topological polar surface area (TPSA) is 75.3 Å². The van der Waals surface area contributed by atoms with Crippen molar-refractivity contribution in [1.82, 2.24) is 0 Å². The van der Waals surface area contributed by atoms with Crippen molar-refractivity contribution in [3.05, 3.63) is 51.5 Å². The Labute approximate surface area is 128 Å². The lowest BCUT2D eigenvalue weighted by atomic mass is 10.0. The van der Waals surface area contributed by atoms with Gasteiger partial charge in [0.05, 0.1) is 16.3 Å². The molecule has 4 nitrogen and oxygen atoms in total. The van der Waals surface area contributed by atoms with Crippen LogP contribution in [0.15, 0.2) is 24.3 Å². The number of carbonyl (C=O) groups is 1. The molecule has 0 bridgehead atoms. The molecule has 0 saturated heterocycles. The van der Waals surface area contributed by atoms with Gasteiger partial charge in [-0.25, -0.2) is 4.79 Å². The number of halogens is 1. The third-order valence-electron chi connectivity index (χ3n) is 3.27. The number of hydrogen-bond donors (Lipinski definition) is 3. The van der Waals surface area contributed by atoms with Crippen molar-refractivity contribution in [2.45, 2.75) is 20.8 Å². The summed E-state index contributed by atoms with van der Waals surface area (Å²) in [6.45, 7) is 5.95. The average molecular weight is 305 g/mol. The van der Waals surface area contributed by atoms with Crippen LogP contribution in [-0.2, 0) is 0 Å². The molecule has 2 aromatic rings. The van der Waals surface area contributed by atoms with Crippen LogP contribution in [0.4, 0.5) is 17.1 Å². The summed E-state index contributed by atoms with van der Waals surface area (Å²) in [6.07, 6.45) is 0. The van der Waals surface area contributed by atoms with E-state index in [9.17, 15) is 9.90 Å². The summed E-state index contributed by atoms with van der Waals surface area (Å²) in [6, 6.07) is 6.99. The average Bonchev–Trinajstić information content (AvgIpc) is 2.34. The first-order chi connectivity index (χ1) is 9.79. The fraction of sp³-hybridized carbons (Fsp3) is 0.188. The molecule has 0 unspecified atom stereocenters. The number of carboxylic acid groups (broad SMARTS) is 1. The van der Waals surface area contributed by atoms with E-state index in [0.717, 1.165) is 22.4 Å². The van der Waals surface area contributed by atoms with E-state index in [0.29, 0.717) is 11.4 Å². The molecule has 0 aliphatic carbocycles. The van der Waals surface area contributed by atoms with Crippen molar-refractivity contribution in [3.63, 3.8) is 0 Å². The van der Waals surface area contributed by atoms with E-state index in [1.165, 1.54) is 12.1 Å². The number of rotatable bonds is 3. The molecular weight excluding hydrogens is 288 g/mol. The normalized spacial score (nSPS) is 10.5. The molecule has 5 heteroatoms. The van der Waals surface area contributed by atoms with Crippen molar-refractivity contribution < 1.29 is 9.90 Å². The fourth-order valence-electron chi connectivity index (χ4n) is 2.43. The van der Waals surface area contributed by atoms with Crippen LogP contribution in [0, 0.1) is 20.8 Å².